The van der Waals surface area contributed by atoms with Crippen molar-refractivity contribution in [2.24, 2.45) is 16.7 Å². The van der Waals surface area contributed by atoms with Crippen LogP contribution in [0.2, 0.25) is 0 Å². The summed E-state index contributed by atoms with van der Waals surface area (Å²) in [4.78, 5) is 14.2. The van der Waals surface area contributed by atoms with Crippen molar-refractivity contribution in [2.75, 3.05) is 32.8 Å². The van der Waals surface area contributed by atoms with E-state index in [-0.39, 0.29) is 11.9 Å². The maximum atomic E-state index is 12.1. The lowest BCUT2D eigenvalue weighted by Crippen LogP contribution is -2.46. The van der Waals surface area contributed by atoms with Crippen LogP contribution in [0.25, 0.3) is 0 Å². The first kappa shape index (κ1) is 14.8. The van der Waals surface area contributed by atoms with Gasteiger partial charge in [0.15, 0.2) is 0 Å². The summed E-state index contributed by atoms with van der Waals surface area (Å²) in [5, 5.41) is 3.18. The molecule has 1 saturated heterocycles. The van der Waals surface area contributed by atoms with Crippen LogP contribution in [-0.2, 0) is 9.53 Å². The van der Waals surface area contributed by atoms with E-state index in [1.54, 1.807) is 0 Å². The smallest absolute Gasteiger partial charge is 0.234 e. The number of nitrogens with one attached hydrogen (secondary N) is 1. The molecule has 1 saturated carbocycles. The van der Waals surface area contributed by atoms with Gasteiger partial charge in [0.1, 0.15) is 0 Å². The highest BCUT2D eigenvalue weighted by Gasteiger charge is 2.66. The van der Waals surface area contributed by atoms with Gasteiger partial charge in [0, 0.05) is 19.1 Å². The second-order valence-electron chi connectivity index (χ2n) is 7.17. The van der Waals surface area contributed by atoms with Crippen molar-refractivity contribution < 1.29 is 9.53 Å². The number of hydrogen-bond donors (Lipinski definition) is 1. The standard InChI is InChI=1S/C15H28N2O2/c1-11(13-14(2,3)15(13,4)5)16-12(18)10-17-6-8-19-9-7-17/h11,13H,6-10H2,1-5H3,(H,16,18). The van der Waals surface area contributed by atoms with Crippen molar-refractivity contribution in [3.63, 3.8) is 0 Å². The van der Waals surface area contributed by atoms with Crippen molar-refractivity contribution in [3.8, 4) is 0 Å². The highest BCUT2D eigenvalue weighted by atomic mass is 16.5. The van der Waals surface area contributed by atoms with Crippen molar-refractivity contribution in [2.45, 2.75) is 40.7 Å². The Morgan fingerprint density at radius 3 is 2.26 bits per heavy atom. The molecule has 1 aliphatic heterocycles. The number of carbonyl (C=O) groups excluding carboxylic acids is 1. The van der Waals surface area contributed by atoms with E-state index in [1.807, 2.05) is 0 Å². The van der Waals surface area contributed by atoms with Gasteiger partial charge >= 0.3 is 0 Å². The largest absolute Gasteiger partial charge is 0.379 e. The molecule has 110 valence electrons. The molecule has 0 bridgehead atoms. The average Bonchev–Trinajstić information content (AvgIpc) is 2.70. The normalized spacial score (nSPS) is 27.8. The molecule has 1 heterocycles. The van der Waals surface area contributed by atoms with Crippen LogP contribution >= 0.6 is 0 Å². The predicted molar refractivity (Wildman–Crippen MR) is 75.9 cm³/mol. The number of morpholine rings is 1. The number of carbonyl (C=O) groups is 1. The SMILES string of the molecule is CC(NC(=O)CN1CCOCC1)C1C(C)(C)C1(C)C. The van der Waals surface area contributed by atoms with Crippen LogP contribution in [0.3, 0.4) is 0 Å². The monoisotopic (exact) mass is 268 g/mol. The lowest BCUT2D eigenvalue weighted by atomic mass is 10.0. The minimum atomic E-state index is 0.146. The minimum Gasteiger partial charge on any atom is -0.379 e. The molecule has 1 atom stereocenters. The number of amides is 1. The van der Waals surface area contributed by atoms with Gasteiger partial charge in [0.2, 0.25) is 5.91 Å². The van der Waals surface area contributed by atoms with E-state index < -0.39 is 0 Å². The Hall–Kier alpha value is -0.610. The predicted octanol–water partition coefficient (Wildman–Crippen LogP) is 1.51. The van der Waals surface area contributed by atoms with Crippen LogP contribution in [0.5, 0.6) is 0 Å². The molecule has 0 aromatic heterocycles. The summed E-state index contributed by atoms with van der Waals surface area (Å²) in [6, 6.07) is 0.249. The Kier molecular flexibility index (Phi) is 3.94. The summed E-state index contributed by atoms with van der Waals surface area (Å²) in [7, 11) is 0. The molecule has 2 aliphatic rings. The number of hydrogen-bond acceptors (Lipinski definition) is 3. The molecule has 4 nitrogen and oxygen atoms in total. The van der Waals surface area contributed by atoms with E-state index in [0.717, 1.165) is 26.3 Å². The van der Waals surface area contributed by atoms with Gasteiger partial charge in [-0.1, -0.05) is 27.7 Å². The molecule has 0 spiro atoms. The maximum Gasteiger partial charge on any atom is 0.234 e. The number of nitrogens with zero attached hydrogens (tertiary/aromatic N) is 1. The van der Waals surface area contributed by atoms with Gasteiger partial charge in [-0.15, -0.1) is 0 Å². The summed E-state index contributed by atoms with van der Waals surface area (Å²) in [6.07, 6.45) is 0. The Morgan fingerprint density at radius 2 is 1.79 bits per heavy atom. The lowest BCUT2D eigenvalue weighted by molar-refractivity contribution is -0.124. The number of rotatable bonds is 4. The van der Waals surface area contributed by atoms with Gasteiger partial charge in [-0.2, -0.15) is 0 Å². The zero-order valence-electron chi connectivity index (χ0n) is 13.0. The summed E-state index contributed by atoms with van der Waals surface area (Å²) in [6.45, 7) is 15.0. The third kappa shape index (κ3) is 2.79. The van der Waals surface area contributed by atoms with Gasteiger partial charge in [0.25, 0.3) is 0 Å². The lowest BCUT2D eigenvalue weighted by Gasteiger charge is -2.26. The molecule has 2 rings (SSSR count). The van der Waals surface area contributed by atoms with E-state index in [2.05, 4.69) is 44.8 Å². The fraction of sp³-hybridized carbons (Fsp3) is 0.933. The van der Waals surface area contributed by atoms with Crippen LogP contribution in [0, 0.1) is 16.7 Å². The van der Waals surface area contributed by atoms with Gasteiger partial charge < -0.3 is 10.1 Å². The second-order valence-corrected chi connectivity index (χ2v) is 7.17. The molecule has 19 heavy (non-hydrogen) atoms. The van der Waals surface area contributed by atoms with Crippen LogP contribution in [0.15, 0.2) is 0 Å². The zero-order chi connectivity index (χ0) is 14.3. The molecule has 1 N–H and O–H groups in total. The van der Waals surface area contributed by atoms with E-state index in [9.17, 15) is 4.79 Å². The molecule has 1 amide bonds. The summed E-state index contributed by atoms with van der Waals surface area (Å²) >= 11 is 0. The van der Waals surface area contributed by atoms with Gasteiger partial charge in [0.05, 0.1) is 19.8 Å². The molecule has 0 aromatic rings. The molecule has 1 aliphatic carbocycles. The first-order valence-electron chi connectivity index (χ1n) is 7.36. The third-order valence-corrected chi connectivity index (χ3v) is 5.49. The minimum absolute atomic E-state index is 0.146. The molecular weight excluding hydrogens is 240 g/mol. The first-order chi connectivity index (χ1) is 8.76. The maximum absolute atomic E-state index is 12.1. The van der Waals surface area contributed by atoms with E-state index in [4.69, 9.17) is 4.74 Å². The topological polar surface area (TPSA) is 41.6 Å². The second kappa shape index (κ2) is 5.06. The third-order valence-electron chi connectivity index (χ3n) is 5.49. The van der Waals surface area contributed by atoms with E-state index in [0.29, 0.717) is 23.3 Å². The molecule has 0 radical (unpaired) electrons. The zero-order valence-corrected chi connectivity index (χ0v) is 13.0. The van der Waals surface area contributed by atoms with E-state index >= 15 is 0 Å². The van der Waals surface area contributed by atoms with Crippen molar-refractivity contribution in [1.29, 1.82) is 0 Å². The highest BCUT2D eigenvalue weighted by Crippen LogP contribution is 2.69. The molecule has 4 heteroatoms. The molecule has 2 fully saturated rings. The van der Waals surface area contributed by atoms with Crippen molar-refractivity contribution in [3.05, 3.63) is 0 Å². The van der Waals surface area contributed by atoms with Crippen molar-refractivity contribution in [1.82, 2.24) is 10.2 Å². The van der Waals surface area contributed by atoms with Crippen LogP contribution in [0.4, 0.5) is 0 Å². The Balaban J connectivity index is 1.79. The fourth-order valence-corrected chi connectivity index (χ4v) is 3.84. The summed E-state index contributed by atoms with van der Waals surface area (Å²) < 4.78 is 5.29. The molecule has 0 aromatic carbocycles. The Labute approximate surface area is 116 Å². The summed E-state index contributed by atoms with van der Waals surface area (Å²) in [5.41, 5.74) is 0.636. The number of ether oxygens (including phenoxy) is 1. The summed E-state index contributed by atoms with van der Waals surface area (Å²) in [5.74, 6) is 0.710. The molecular formula is C15H28N2O2. The fourth-order valence-electron chi connectivity index (χ4n) is 3.84. The Morgan fingerprint density at radius 1 is 1.26 bits per heavy atom. The van der Waals surface area contributed by atoms with Crippen LogP contribution in [-0.4, -0.2) is 49.7 Å². The van der Waals surface area contributed by atoms with Gasteiger partial charge in [-0.3, -0.25) is 9.69 Å². The van der Waals surface area contributed by atoms with Crippen LogP contribution in [0.1, 0.15) is 34.6 Å². The molecule has 1 unspecified atom stereocenters. The van der Waals surface area contributed by atoms with Crippen LogP contribution < -0.4 is 5.32 Å². The van der Waals surface area contributed by atoms with Gasteiger partial charge in [-0.25, -0.2) is 0 Å². The quantitative estimate of drug-likeness (QED) is 0.840. The van der Waals surface area contributed by atoms with Gasteiger partial charge in [-0.05, 0) is 23.7 Å². The average molecular weight is 268 g/mol. The van der Waals surface area contributed by atoms with Crippen molar-refractivity contribution >= 4 is 5.91 Å². The van der Waals surface area contributed by atoms with E-state index in [1.165, 1.54) is 0 Å². The highest BCUT2D eigenvalue weighted by molar-refractivity contribution is 5.78. The first-order valence-corrected chi connectivity index (χ1v) is 7.36. The Bertz CT molecular complexity index is 332.